The van der Waals surface area contributed by atoms with Gasteiger partial charge in [-0.3, -0.25) is 0 Å². The SMILES string of the molecule is Cc1cc(N(CCOCCOCCOCCOCCO)CCOCCOCCOCCOCCO)ccc1/N=N/c1nc2c(C)cccc2s1. The Labute approximate surface area is 299 Å². The van der Waals surface area contributed by atoms with Crippen LogP contribution in [0.5, 0.6) is 0 Å². The molecular weight excluding hydrogens is 668 g/mol. The standard InChI is InChI=1S/C35H54N4O10S/c1-29-4-3-5-33-34(29)36-35(50-33)38-37-32-7-6-31(28-30(32)2)39(8-12-42-16-20-46-24-26-48-22-18-44-14-10-40)9-13-43-17-21-47-25-27-49-23-19-45-15-11-41/h3-7,28,40-41H,8-27H2,1-2H3/b38-37+. The second kappa shape index (κ2) is 27.0. The number of rotatable bonds is 31. The molecule has 1 aromatic heterocycles. The zero-order chi connectivity index (χ0) is 35.5. The van der Waals surface area contributed by atoms with E-state index in [9.17, 15) is 0 Å². The number of aryl methyl sites for hydroxylation is 2. The topological polar surface area (TPSA) is 155 Å². The van der Waals surface area contributed by atoms with Crippen molar-refractivity contribution in [2.45, 2.75) is 13.8 Å². The minimum absolute atomic E-state index is 0.0117. The van der Waals surface area contributed by atoms with E-state index in [0.717, 1.165) is 32.7 Å². The van der Waals surface area contributed by atoms with Crippen molar-refractivity contribution in [3.63, 3.8) is 0 Å². The molecule has 0 amide bonds. The maximum Gasteiger partial charge on any atom is 0.231 e. The molecule has 2 N–H and O–H groups in total. The molecule has 50 heavy (non-hydrogen) atoms. The Morgan fingerprint density at radius 2 is 1.06 bits per heavy atom. The summed E-state index contributed by atoms with van der Waals surface area (Å²) in [5, 5.41) is 27.0. The number of aliphatic hydroxyl groups is 2. The van der Waals surface area contributed by atoms with Crippen LogP contribution < -0.4 is 4.90 Å². The fraction of sp³-hybridized carbons (Fsp3) is 0.629. The Balaban J connectivity index is 1.42. The molecule has 0 saturated heterocycles. The first-order valence-corrected chi connectivity index (χ1v) is 17.9. The minimum Gasteiger partial charge on any atom is -0.394 e. The smallest absolute Gasteiger partial charge is 0.231 e. The number of hydrogen-bond acceptors (Lipinski definition) is 15. The molecule has 2 aromatic carbocycles. The molecule has 0 aliphatic heterocycles. The summed E-state index contributed by atoms with van der Waals surface area (Å²) in [5.74, 6) is 0. The second-order valence-electron chi connectivity index (χ2n) is 10.9. The van der Waals surface area contributed by atoms with Crippen LogP contribution in [0.15, 0.2) is 46.6 Å². The highest BCUT2D eigenvalue weighted by molar-refractivity contribution is 7.21. The number of ether oxygens (including phenoxy) is 8. The van der Waals surface area contributed by atoms with E-state index in [1.807, 2.05) is 44.2 Å². The number of fused-ring (bicyclic) bond motifs is 1. The predicted molar refractivity (Wildman–Crippen MR) is 193 cm³/mol. The van der Waals surface area contributed by atoms with Gasteiger partial charge in [-0.15, -0.1) is 10.2 Å². The number of thiazole rings is 1. The first kappa shape index (κ1) is 41.7. The number of hydrogen-bond donors (Lipinski definition) is 2. The van der Waals surface area contributed by atoms with Crippen molar-refractivity contribution in [2.24, 2.45) is 10.2 Å². The van der Waals surface area contributed by atoms with Crippen molar-refractivity contribution in [1.82, 2.24) is 4.98 Å². The fourth-order valence-corrected chi connectivity index (χ4v) is 5.40. The number of para-hydroxylation sites is 1. The summed E-state index contributed by atoms with van der Waals surface area (Å²) in [5.41, 5.74) is 4.92. The van der Waals surface area contributed by atoms with E-state index in [2.05, 4.69) is 26.2 Å². The van der Waals surface area contributed by atoms with Crippen LogP contribution in [-0.2, 0) is 37.9 Å². The third-order valence-electron chi connectivity index (χ3n) is 7.11. The van der Waals surface area contributed by atoms with Gasteiger partial charge in [-0.05, 0) is 49.2 Å². The van der Waals surface area contributed by atoms with Crippen LogP contribution in [0.2, 0.25) is 0 Å². The highest BCUT2D eigenvalue weighted by Gasteiger charge is 2.10. The molecule has 15 heteroatoms. The molecule has 3 aromatic rings. The highest BCUT2D eigenvalue weighted by atomic mass is 32.1. The van der Waals surface area contributed by atoms with Gasteiger partial charge >= 0.3 is 0 Å². The summed E-state index contributed by atoms with van der Waals surface area (Å²) in [6.07, 6.45) is 0. The summed E-state index contributed by atoms with van der Waals surface area (Å²) in [7, 11) is 0. The summed E-state index contributed by atoms with van der Waals surface area (Å²) < 4.78 is 45.2. The summed E-state index contributed by atoms with van der Waals surface area (Å²) >= 11 is 1.53. The molecule has 0 radical (unpaired) electrons. The third-order valence-corrected chi connectivity index (χ3v) is 8.02. The average molecular weight is 723 g/mol. The lowest BCUT2D eigenvalue weighted by Crippen LogP contribution is -2.31. The first-order valence-electron chi connectivity index (χ1n) is 17.1. The van der Waals surface area contributed by atoms with Crippen LogP contribution in [-0.4, -0.2) is 147 Å². The Bertz CT molecular complexity index is 1300. The van der Waals surface area contributed by atoms with Crippen LogP contribution in [0, 0.1) is 13.8 Å². The van der Waals surface area contributed by atoms with Crippen molar-refractivity contribution >= 4 is 38.1 Å². The van der Waals surface area contributed by atoms with E-state index < -0.39 is 0 Å². The van der Waals surface area contributed by atoms with Crippen LogP contribution in [0.3, 0.4) is 0 Å². The molecule has 0 aliphatic carbocycles. The monoisotopic (exact) mass is 722 g/mol. The quantitative estimate of drug-likeness (QED) is 0.0721. The molecule has 0 unspecified atom stereocenters. The molecule has 0 saturated carbocycles. The Morgan fingerprint density at radius 1 is 0.580 bits per heavy atom. The van der Waals surface area contributed by atoms with Gasteiger partial charge in [0.2, 0.25) is 5.13 Å². The lowest BCUT2D eigenvalue weighted by Gasteiger charge is -2.25. The molecule has 1 heterocycles. The first-order chi connectivity index (χ1) is 24.6. The van der Waals surface area contributed by atoms with Gasteiger partial charge in [0, 0.05) is 18.8 Å². The number of aliphatic hydroxyl groups excluding tert-OH is 2. The minimum atomic E-state index is 0.0117. The summed E-state index contributed by atoms with van der Waals surface area (Å²) in [6, 6.07) is 12.2. The number of azo groups is 1. The van der Waals surface area contributed by atoms with Crippen molar-refractivity contribution in [1.29, 1.82) is 0 Å². The number of anilines is 1. The van der Waals surface area contributed by atoms with Gasteiger partial charge < -0.3 is 53.0 Å². The number of nitrogens with zero attached hydrogens (tertiary/aromatic N) is 4. The van der Waals surface area contributed by atoms with Gasteiger partial charge in [0.05, 0.1) is 135 Å². The Morgan fingerprint density at radius 3 is 1.52 bits per heavy atom. The molecule has 280 valence electrons. The van der Waals surface area contributed by atoms with E-state index in [4.69, 9.17) is 48.1 Å². The van der Waals surface area contributed by atoms with Crippen LogP contribution in [0.1, 0.15) is 11.1 Å². The molecule has 0 fully saturated rings. The number of aromatic nitrogens is 1. The van der Waals surface area contributed by atoms with E-state index >= 15 is 0 Å². The summed E-state index contributed by atoms with van der Waals surface area (Å²) in [4.78, 5) is 6.87. The van der Waals surface area contributed by atoms with Gasteiger partial charge in [0.25, 0.3) is 0 Å². The van der Waals surface area contributed by atoms with E-state index in [0.29, 0.717) is 124 Å². The van der Waals surface area contributed by atoms with Gasteiger partial charge in [-0.1, -0.05) is 23.5 Å². The van der Waals surface area contributed by atoms with Crippen molar-refractivity contribution in [3.05, 3.63) is 47.5 Å². The fourth-order valence-electron chi connectivity index (χ4n) is 4.53. The van der Waals surface area contributed by atoms with Gasteiger partial charge in [0.1, 0.15) is 0 Å². The van der Waals surface area contributed by atoms with Crippen LogP contribution >= 0.6 is 11.3 Å². The maximum atomic E-state index is 8.70. The lowest BCUT2D eigenvalue weighted by atomic mass is 10.1. The molecule has 0 spiro atoms. The molecular formula is C35H54N4O10S. The van der Waals surface area contributed by atoms with Crippen LogP contribution in [0.4, 0.5) is 16.5 Å². The molecule has 0 aliphatic rings. The van der Waals surface area contributed by atoms with E-state index in [1.54, 1.807) is 0 Å². The zero-order valence-electron chi connectivity index (χ0n) is 29.5. The Kier molecular flexibility index (Phi) is 22.6. The van der Waals surface area contributed by atoms with Gasteiger partial charge in [-0.2, -0.15) is 0 Å². The zero-order valence-corrected chi connectivity index (χ0v) is 30.3. The summed E-state index contributed by atoms with van der Waals surface area (Å²) in [6.45, 7) is 12.8. The Hall–Kier alpha value is -2.67. The van der Waals surface area contributed by atoms with E-state index in [1.165, 1.54) is 11.3 Å². The average Bonchev–Trinajstić information content (AvgIpc) is 3.55. The molecule has 0 atom stereocenters. The van der Waals surface area contributed by atoms with Crippen molar-refractivity contribution in [2.75, 3.05) is 137 Å². The number of benzene rings is 2. The van der Waals surface area contributed by atoms with Crippen LogP contribution in [0.25, 0.3) is 10.2 Å². The second-order valence-corrected chi connectivity index (χ2v) is 11.9. The molecule has 0 bridgehead atoms. The molecule has 14 nitrogen and oxygen atoms in total. The molecule has 3 rings (SSSR count). The van der Waals surface area contributed by atoms with Gasteiger partial charge in [0.15, 0.2) is 0 Å². The van der Waals surface area contributed by atoms with Crippen molar-refractivity contribution in [3.8, 4) is 0 Å². The largest absolute Gasteiger partial charge is 0.394 e. The lowest BCUT2D eigenvalue weighted by molar-refractivity contribution is -0.00591. The van der Waals surface area contributed by atoms with E-state index in [-0.39, 0.29) is 13.2 Å². The highest BCUT2D eigenvalue weighted by Crippen LogP contribution is 2.32. The maximum absolute atomic E-state index is 8.70. The third kappa shape index (κ3) is 17.5. The predicted octanol–water partition coefficient (Wildman–Crippen LogP) is 4.25. The van der Waals surface area contributed by atoms with Crippen molar-refractivity contribution < 1.29 is 48.1 Å². The van der Waals surface area contributed by atoms with Gasteiger partial charge in [-0.25, -0.2) is 4.98 Å². The normalized spacial score (nSPS) is 11.8.